The number of rotatable bonds is 10. The summed E-state index contributed by atoms with van der Waals surface area (Å²) in [6, 6.07) is 13.8. The van der Waals surface area contributed by atoms with Gasteiger partial charge in [-0.05, 0) is 37.0 Å². The van der Waals surface area contributed by atoms with E-state index in [1.165, 1.54) is 18.4 Å². The Bertz CT molecular complexity index is 599. The van der Waals surface area contributed by atoms with Gasteiger partial charge in [-0.25, -0.2) is 0 Å². The van der Waals surface area contributed by atoms with Crippen LogP contribution in [0.4, 0.5) is 5.82 Å². The van der Waals surface area contributed by atoms with Gasteiger partial charge in [0.2, 0.25) is 0 Å². The van der Waals surface area contributed by atoms with Crippen molar-refractivity contribution in [2.24, 2.45) is 0 Å². The summed E-state index contributed by atoms with van der Waals surface area (Å²) in [5, 5.41) is 14.1. The summed E-state index contributed by atoms with van der Waals surface area (Å²) >= 11 is 0. The summed E-state index contributed by atoms with van der Waals surface area (Å²) in [5.74, 6) is 0.542. The quantitative estimate of drug-likeness (QED) is 0.656. The number of hydrogen-bond donors (Lipinski definition) is 2. The van der Waals surface area contributed by atoms with E-state index in [1.807, 2.05) is 18.2 Å². The highest BCUT2D eigenvalue weighted by molar-refractivity contribution is 5.92. The van der Waals surface area contributed by atoms with Crippen molar-refractivity contribution in [3.05, 3.63) is 53.7 Å². The van der Waals surface area contributed by atoms with Gasteiger partial charge in [0.1, 0.15) is 5.82 Å². The van der Waals surface area contributed by atoms with Crippen molar-refractivity contribution in [3.8, 4) is 0 Å². The Balaban J connectivity index is 1.68. The van der Waals surface area contributed by atoms with E-state index >= 15 is 0 Å². The zero-order valence-corrected chi connectivity index (χ0v) is 14.3. The highest BCUT2D eigenvalue weighted by Crippen LogP contribution is 2.04. The lowest BCUT2D eigenvalue weighted by atomic mass is 10.1. The Morgan fingerprint density at radius 3 is 2.50 bits per heavy atom. The Labute approximate surface area is 143 Å². The second-order valence-corrected chi connectivity index (χ2v) is 5.78. The summed E-state index contributed by atoms with van der Waals surface area (Å²) < 4.78 is 0. The van der Waals surface area contributed by atoms with Crippen LogP contribution in [-0.4, -0.2) is 29.2 Å². The molecule has 24 heavy (non-hydrogen) atoms. The molecule has 0 aliphatic carbocycles. The monoisotopic (exact) mass is 326 g/mol. The van der Waals surface area contributed by atoms with E-state index in [1.54, 1.807) is 12.1 Å². The topological polar surface area (TPSA) is 66.9 Å². The maximum absolute atomic E-state index is 12.0. The maximum Gasteiger partial charge on any atom is 0.271 e. The lowest BCUT2D eigenvalue weighted by molar-refractivity contribution is 0.0947. The van der Waals surface area contributed by atoms with Gasteiger partial charge in [-0.1, -0.05) is 50.1 Å². The number of nitrogens with zero attached hydrogens (tertiary/aromatic N) is 2. The van der Waals surface area contributed by atoms with Crippen LogP contribution in [-0.2, 0) is 6.42 Å². The number of amides is 1. The molecular formula is C19H26N4O. The SMILES string of the molecule is CCCCCNc1ccc(C(=O)NCCCc2ccccc2)nn1. The molecule has 0 aliphatic rings. The zero-order chi connectivity index (χ0) is 17.0. The molecule has 0 spiro atoms. The predicted molar refractivity (Wildman–Crippen MR) is 97.1 cm³/mol. The lowest BCUT2D eigenvalue weighted by Gasteiger charge is -2.06. The van der Waals surface area contributed by atoms with Gasteiger partial charge in [0.25, 0.3) is 5.91 Å². The zero-order valence-electron chi connectivity index (χ0n) is 14.3. The van der Waals surface area contributed by atoms with Crippen molar-refractivity contribution in [2.45, 2.75) is 39.0 Å². The van der Waals surface area contributed by atoms with Crippen LogP contribution in [0.2, 0.25) is 0 Å². The second-order valence-electron chi connectivity index (χ2n) is 5.78. The van der Waals surface area contributed by atoms with E-state index in [-0.39, 0.29) is 5.91 Å². The molecule has 1 amide bonds. The fourth-order valence-corrected chi connectivity index (χ4v) is 2.37. The molecule has 0 saturated carbocycles. The first kappa shape index (κ1) is 17.9. The van der Waals surface area contributed by atoms with E-state index in [9.17, 15) is 4.79 Å². The van der Waals surface area contributed by atoms with Gasteiger partial charge in [0, 0.05) is 13.1 Å². The largest absolute Gasteiger partial charge is 0.369 e. The van der Waals surface area contributed by atoms with Crippen LogP contribution in [0.15, 0.2) is 42.5 Å². The summed E-state index contributed by atoms with van der Waals surface area (Å²) in [4.78, 5) is 12.0. The number of benzene rings is 1. The van der Waals surface area contributed by atoms with Crippen molar-refractivity contribution < 1.29 is 4.79 Å². The Hall–Kier alpha value is -2.43. The highest BCUT2D eigenvalue weighted by atomic mass is 16.1. The summed E-state index contributed by atoms with van der Waals surface area (Å²) in [5.41, 5.74) is 1.64. The van der Waals surface area contributed by atoms with Crippen molar-refractivity contribution in [2.75, 3.05) is 18.4 Å². The molecule has 2 N–H and O–H groups in total. The molecule has 0 radical (unpaired) electrons. The number of nitrogens with one attached hydrogen (secondary N) is 2. The van der Waals surface area contributed by atoms with Gasteiger partial charge >= 0.3 is 0 Å². The van der Waals surface area contributed by atoms with Crippen LogP contribution < -0.4 is 10.6 Å². The van der Waals surface area contributed by atoms with E-state index in [4.69, 9.17) is 0 Å². The molecule has 0 atom stereocenters. The molecule has 1 aromatic carbocycles. The minimum Gasteiger partial charge on any atom is -0.369 e. The number of carbonyl (C=O) groups is 1. The number of unbranched alkanes of at least 4 members (excludes halogenated alkanes) is 2. The molecular weight excluding hydrogens is 300 g/mol. The van der Waals surface area contributed by atoms with Crippen LogP contribution in [0, 0.1) is 0 Å². The van der Waals surface area contributed by atoms with Crippen LogP contribution in [0.3, 0.4) is 0 Å². The van der Waals surface area contributed by atoms with Crippen molar-refractivity contribution in [1.29, 1.82) is 0 Å². The summed E-state index contributed by atoms with van der Waals surface area (Å²) in [6.45, 7) is 3.69. The first-order chi connectivity index (χ1) is 11.8. The van der Waals surface area contributed by atoms with Gasteiger partial charge in [-0.15, -0.1) is 10.2 Å². The minimum absolute atomic E-state index is 0.173. The van der Waals surface area contributed by atoms with E-state index in [0.29, 0.717) is 18.1 Å². The van der Waals surface area contributed by atoms with Crippen molar-refractivity contribution in [1.82, 2.24) is 15.5 Å². The molecule has 1 heterocycles. The van der Waals surface area contributed by atoms with E-state index in [0.717, 1.165) is 25.8 Å². The molecule has 5 heteroatoms. The summed E-state index contributed by atoms with van der Waals surface area (Å²) in [7, 11) is 0. The third-order valence-electron chi connectivity index (χ3n) is 3.75. The predicted octanol–water partition coefficient (Wildman–Crippen LogP) is 3.44. The average Bonchev–Trinajstić information content (AvgIpc) is 2.63. The van der Waals surface area contributed by atoms with Gasteiger partial charge < -0.3 is 10.6 Å². The normalized spacial score (nSPS) is 10.4. The Morgan fingerprint density at radius 1 is 0.958 bits per heavy atom. The fraction of sp³-hybridized carbons (Fsp3) is 0.421. The first-order valence-corrected chi connectivity index (χ1v) is 8.69. The molecule has 0 bridgehead atoms. The molecule has 1 aromatic heterocycles. The third kappa shape index (κ3) is 6.36. The molecule has 0 saturated heterocycles. The standard InChI is InChI=1S/C19H26N4O/c1-2-3-7-14-20-18-13-12-17(22-23-18)19(24)21-15-8-11-16-9-5-4-6-10-16/h4-6,9-10,12-13H,2-3,7-8,11,14-15H2,1H3,(H,20,23)(H,21,24). The molecule has 2 aromatic rings. The lowest BCUT2D eigenvalue weighted by Crippen LogP contribution is -2.26. The Kier molecular flexibility index (Phi) is 7.74. The minimum atomic E-state index is -0.173. The second kappa shape index (κ2) is 10.4. The molecule has 2 rings (SSSR count). The number of aromatic nitrogens is 2. The summed E-state index contributed by atoms with van der Waals surface area (Å²) in [6.07, 6.45) is 5.36. The maximum atomic E-state index is 12.0. The molecule has 5 nitrogen and oxygen atoms in total. The van der Waals surface area contributed by atoms with Gasteiger partial charge in [-0.2, -0.15) is 0 Å². The van der Waals surface area contributed by atoms with Crippen LogP contribution in [0.25, 0.3) is 0 Å². The van der Waals surface area contributed by atoms with Crippen molar-refractivity contribution >= 4 is 11.7 Å². The van der Waals surface area contributed by atoms with Crippen LogP contribution >= 0.6 is 0 Å². The van der Waals surface area contributed by atoms with Crippen molar-refractivity contribution in [3.63, 3.8) is 0 Å². The number of anilines is 1. The molecule has 0 unspecified atom stereocenters. The molecule has 0 aliphatic heterocycles. The first-order valence-electron chi connectivity index (χ1n) is 8.69. The number of hydrogen-bond acceptors (Lipinski definition) is 4. The number of carbonyl (C=O) groups excluding carboxylic acids is 1. The van der Waals surface area contributed by atoms with E-state index in [2.05, 4.69) is 39.9 Å². The van der Waals surface area contributed by atoms with Crippen LogP contribution in [0.5, 0.6) is 0 Å². The fourth-order valence-electron chi connectivity index (χ4n) is 2.37. The van der Waals surface area contributed by atoms with Gasteiger partial charge in [0.05, 0.1) is 0 Å². The molecule has 128 valence electrons. The average molecular weight is 326 g/mol. The van der Waals surface area contributed by atoms with E-state index < -0.39 is 0 Å². The van der Waals surface area contributed by atoms with Gasteiger partial charge in [0.15, 0.2) is 5.69 Å². The van der Waals surface area contributed by atoms with Crippen LogP contribution in [0.1, 0.15) is 48.7 Å². The number of aryl methyl sites for hydroxylation is 1. The smallest absolute Gasteiger partial charge is 0.271 e. The third-order valence-corrected chi connectivity index (χ3v) is 3.75. The molecule has 0 fully saturated rings. The highest BCUT2D eigenvalue weighted by Gasteiger charge is 2.07. The van der Waals surface area contributed by atoms with Gasteiger partial charge in [-0.3, -0.25) is 4.79 Å². The Morgan fingerprint density at radius 2 is 1.79 bits per heavy atom.